The van der Waals surface area contributed by atoms with Gasteiger partial charge in [0.1, 0.15) is 0 Å². The second kappa shape index (κ2) is 13.0. The number of pyridine rings is 1. The lowest BCUT2D eigenvalue weighted by molar-refractivity contribution is -0.142. The Labute approximate surface area is 253 Å². The van der Waals surface area contributed by atoms with Crippen LogP contribution in [-0.4, -0.2) is 41.5 Å². The summed E-state index contributed by atoms with van der Waals surface area (Å²) in [5.41, 5.74) is 7.64. The smallest absolute Gasteiger partial charge is 0.310 e. The number of benzene rings is 2. The van der Waals surface area contributed by atoms with Gasteiger partial charge in [-0.25, -0.2) is 8.78 Å². The molecule has 0 unspecified atom stereocenters. The average Bonchev–Trinajstić information content (AvgIpc) is 2.94. The van der Waals surface area contributed by atoms with Crippen LogP contribution in [0.25, 0.3) is 22.3 Å². The van der Waals surface area contributed by atoms with Crippen molar-refractivity contribution in [2.75, 3.05) is 19.8 Å². The van der Waals surface area contributed by atoms with E-state index in [1.54, 1.807) is 27.7 Å². The van der Waals surface area contributed by atoms with Crippen LogP contribution in [0.5, 0.6) is 11.5 Å². The molecule has 6 nitrogen and oxygen atoms in total. The van der Waals surface area contributed by atoms with Gasteiger partial charge in [-0.15, -0.1) is 0 Å². The lowest BCUT2D eigenvalue weighted by atomic mass is 9.82. The van der Waals surface area contributed by atoms with Gasteiger partial charge in [-0.2, -0.15) is 0 Å². The van der Waals surface area contributed by atoms with Gasteiger partial charge in [-0.1, -0.05) is 0 Å². The highest BCUT2D eigenvalue weighted by atomic mass is 19.1. The number of rotatable bonds is 5. The Morgan fingerprint density at radius 3 is 1.81 bits per heavy atom. The molecule has 0 aliphatic carbocycles. The molecular formula is C35H43F2NO5. The molecule has 0 saturated carbocycles. The molecule has 3 aromatic rings. The number of hydrogen-bond acceptors (Lipinski definition) is 6. The Morgan fingerprint density at radius 2 is 1.35 bits per heavy atom. The van der Waals surface area contributed by atoms with Crippen LogP contribution in [0, 0.1) is 39.3 Å². The summed E-state index contributed by atoms with van der Waals surface area (Å²) in [6.07, 6.45) is 2.97. The Balaban J connectivity index is 0.000000782. The molecule has 0 saturated heterocycles. The summed E-state index contributed by atoms with van der Waals surface area (Å²) in [6.45, 7) is 15.8. The summed E-state index contributed by atoms with van der Waals surface area (Å²) in [6, 6.07) is 2.97. The molecule has 2 aliphatic rings. The molecule has 0 spiro atoms. The molecule has 1 aromatic heterocycles. The third kappa shape index (κ3) is 7.01. The van der Waals surface area contributed by atoms with E-state index in [2.05, 4.69) is 0 Å². The normalized spacial score (nSPS) is 14.0. The van der Waals surface area contributed by atoms with E-state index in [-0.39, 0.29) is 13.0 Å². The summed E-state index contributed by atoms with van der Waals surface area (Å²) in [5.74, 6) is -0.671. The molecule has 8 heteroatoms. The lowest BCUT2D eigenvalue weighted by Crippen LogP contribution is -2.15. The predicted octanol–water partition coefficient (Wildman–Crippen LogP) is 7.46. The van der Waals surface area contributed by atoms with E-state index in [1.807, 2.05) is 27.7 Å². The summed E-state index contributed by atoms with van der Waals surface area (Å²) in [4.78, 5) is 17.5. The van der Waals surface area contributed by atoms with E-state index in [0.29, 0.717) is 76.8 Å². The number of aromatic nitrogens is 1. The van der Waals surface area contributed by atoms with Crippen molar-refractivity contribution < 1.29 is 32.9 Å². The van der Waals surface area contributed by atoms with Crippen LogP contribution in [0.4, 0.5) is 8.78 Å². The van der Waals surface area contributed by atoms with E-state index in [0.717, 1.165) is 35.1 Å². The number of carbonyl (C=O) groups is 1. The maximum Gasteiger partial charge on any atom is 0.310 e. The molecule has 3 heterocycles. The zero-order valence-corrected chi connectivity index (χ0v) is 26.6. The largest absolute Gasteiger partial charge is 0.490 e. The van der Waals surface area contributed by atoms with Gasteiger partial charge in [0, 0.05) is 28.1 Å². The second-order valence-electron chi connectivity index (χ2n) is 12.2. The first-order chi connectivity index (χ1) is 20.2. The number of carbonyl (C=O) groups excluding carboxylic acids is 1. The highest BCUT2D eigenvalue weighted by Crippen LogP contribution is 2.46. The van der Waals surface area contributed by atoms with Crippen molar-refractivity contribution in [3.8, 4) is 33.8 Å². The maximum atomic E-state index is 15.5. The standard InChI is InChI=1S/C31H33F2NO4.C4H10O/c1-6-36-27(35)15-24-18(4)34-19(5)28(22-13-25(32)30-20(16(22)2)9-7-11-37-30)29(24)23-14-26(33)31-21(17(23)3)10-8-12-38-31;1-4(2,3)5/h13-14H,6-12,15H2,1-5H3;5H,1-3H3. The highest BCUT2D eigenvalue weighted by Gasteiger charge is 2.29. The highest BCUT2D eigenvalue weighted by molar-refractivity contribution is 5.93. The Morgan fingerprint density at radius 1 is 0.884 bits per heavy atom. The molecule has 0 amide bonds. The number of aliphatic hydroxyl groups is 1. The van der Waals surface area contributed by atoms with E-state index >= 15 is 8.78 Å². The fraction of sp³-hybridized carbons (Fsp3) is 0.486. The van der Waals surface area contributed by atoms with Crippen molar-refractivity contribution in [1.29, 1.82) is 0 Å². The van der Waals surface area contributed by atoms with E-state index in [4.69, 9.17) is 24.3 Å². The number of esters is 1. The zero-order chi connectivity index (χ0) is 31.6. The topological polar surface area (TPSA) is 77.9 Å². The summed E-state index contributed by atoms with van der Waals surface area (Å²) < 4.78 is 47.6. The molecule has 2 aliphatic heterocycles. The van der Waals surface area contributed by atoms with Crippen LogP contribution in [0.3, 0.4) is 0 Å². The predicted molar refractivity (Wildman–Crippen MR) is 164 cm³/mol. The Kier molecular flexibility index (Phi) is 9.79. The van der Waals surface area contributed by atoms with E-state index in [1.165, 1.54) is 12.1 Å². The second-order valence-corrected chi connectivity index (χ2v) is 12.2. The minimum Gasteiger partial charge on any atom is -0.490 e. The van der Waals surface area contributed by atoms with Gasteiger partial charge in [-0.3, -0.25) is 9.78 Å². The minimum absolute atomic E-state index is 0.0283. The van der Waals surface area contributed by atoms with Gasteiger partial charge in [0.15, 0.2) is 23.1 Å². The maximum absolute atomic E-state index is 15.5. The average molecular weight is 596 g/mol. The third-order valence-electron chi connectivity index (χ3n) is 7.72. The van der Waals surface area contributed by atoms with E-state index in [9.17, 15) is 4.79 Å². The number of ether oxygens (including phenoxy) is 3. The van der Waals surface area contributed by atoms with Crippen molar-refractivity contribution in [2.45, 2.75) is 93.1 Å². The Bertz CT molecular complexity index is 1540. The van der Waals surface area contributed by atoms with Gasteiger partial charge >= 0.3 is 5.97 Å². The first-order valence-electron chi connectivity index (χ1n) is 15.0. The number of fused-ring (bicyclic) bond motifs is 2. The van der Waals surface area contributed by atoms with Crippen molar-refractivity contribution >= 4 is 5.97 Å². The molecule has 0 fully saturated rings. The lowest BCUT2D eigenvalue weighted by Gasteiger charge is -2.27. The van der Waals surface area contributed by atoms with Gasteiger partial charge in [-0.05, 0) is 127 Å². The van der Waals surface area contributed by atoms with Gasteiger partial charge in [0.25, 0.3) is 0 Å². The molecule has 0 atom stereocenters. The van der Waals surface area contributed by atoms with Crippen LogP contribution >= 0.6 is 0 Å². The van der Waals surface area contributed by atoms with Crippen molar-refractivity contribution in [3.05, 3.63) is 63.0 Å². The number of hydrogen-bond donors (Lipinski definition) is 1. The quantitative estimate of drug-likeness (QED) is 0.309. The van der Waals surface area contributed by atoms with Gasteiger partial charge in [0.05, 0.1) is 31.8 Å². The summed E-state index contributed by atoms with van der Waals surface area (Å²) in [7, 11) is 0. The molecule has 5 rings (SSSR count). The van der Waals surface area contributed by atoms with Crippen LogP contribution in [0.2, 0.25) is 0 Å². The van der Waals surface area contributed by atoms with Crippen LogP contribution in [0.1, 0.15) is 79.7 Å². The molecule has 232 valence electrons. The third-order valence-corrected chi connectivity index (χ3v) is 7.72. The van der Waals surface area contributed by atoms with Gasteiger partial charge < -0.3 is 19.3 Å². The Hall–Kier alpha value is -3.52. The SMILES string of the molecule is CC(C)(C)O.CCOC(=O)Cc1c(C)nc(C)c(-c2cc(F)c3c(c2C)CCCO3)c1-c1cc(F)c2c(c1C)CCCO2. The van der Waals surface area contributed by atoms with Crippen LogP contribution in [-0.2, 0) is 28.8 Å². The van der Waals surface area contributed by atoms with E-state index < -0.39 is 23.2 Å². The summed E-state index contributed by atoms with van der Waals surface area (Å²) in [5, 5.41) is 8.52. The molecular weight excluding hydrogens is 552 g/mol. The van der Waals surface area contributed by atoms with Crippen molar-refractivity contribution in [3.63, 3.8) is 0 Å². The number of nitrogens with zero attached hydrogens (tertiary/aromatic N) is 1. The number of halogens is 2. The fourth-order valence-electron chi connectivity index (χ4n) is 5.92. The molecule has 2 aromatic carbocycles. The van der Waals surface area contributed by atoms with Crippen LogP contribution < -0.4 is 9.47 Å². The van der Waals surface area contributed by atoms with Crippen molar-refractivity contribution in [2.24, 2.45) is 0 Å². The monoisotopic (exact) mass is 595 g/mol. The minimum atomic E-state index is -0.500. The number of aryl methyl sites for hydroxylation is 2. The first-order valence-corrected chi connectivity index (χ1v) is 15.0. The zero-order valence-electron chi connectivity index (χ0n) is 26.6. The summed E-state index contributed by atoms with van der Waals surface area (Å²) >= 11 is 0. The fourth-order valence-corrected chi connectivity index (χ4v) is 5.92. The molecule has 1 N–H and O–H groups in total. The van der Waals surface area contributed by atoms with Crippen molar-refractivity contribution in [1.82, 2.24) is 4.98 Å². The molecule has 43 heavy (non-hydrogen) atoms. The molecule has 0 radical (unpaired) electrons. The van der Waals surface area contributed by atoms with Crippen LogP contribution in [0.15, 0.2) is 12.1 Å². The molecule has 0 bridgehead atoms. The van der Waals surface area contributed by atoms with Gasteiger partial charge in [0.2, 0.25) is 0 Å². The first kappa shape index (κ1) is 32.4.